The molecular weight excluding hydrogens is 346 g/mol. The van der Waals surface area contributed by atoms with E-state index in [-0.39, 0.29) is 4.90 Å². The maximum absolute atomic E-state index is 12.4. The van der Waals surface area contributed by atoms with Crippen LogP contribution in [0, 0.1) is 6.92 Å². The second kappa shape index (κ2) is 8.32. The summed E-state index contributed by atoms with van der Waals surface area (Å²) in [5.41, 5.74) is 0.828. The first-order chi connectivity index (χ1) is 11.4. The van der Waals surface area contributed by atoms with E-state index in [4.69, 9.17) is 0 Å². The third-order valence-corrected chi connectivity index (χ3v) is 5.93. The lowest BCUT2D eigenvalue weighted by Gasteiger charge is -2.10. The largest absolute Gasteiger partial charge is 0.465 e. The first-order valence-corrected chi connectivity index (χ1v) is 9.77. The van der Waals surface area contributed by atoms with Gasteiger partial charge in [-0.1, -0.05) is 18.2 Å². The second-order valence-electron chi connectivity index (χ2n) is 5.03. The number of hydrogen-bond acceptors (Lipinski definition) is 5. The van der Waals surface area contributed by atoms with E-state index < -0.39 is 16.0 Å². The van der Waals surface area contributed by atoms with Crippen molar-refractivity contribution in [1.29, 1.82) is 0 Å². The van der Waals surface area contributed by atoms with E-state index >= 15 is 0 Å². The molecule has 0 amide bonds. The van der Waals surface area contributed by atoms with Gasteiger partial charge in [0, 0.05) is 17.2 Å². The summed E-state index contributed by atoms with van der Waals surface area (Å²) in [6.07, 6.45) is 0. The number of rotatable bonds is 7. The van der Waals surface area contributed by atoms with Crippen molar-refractivity contribution in [3.05, 3.63) is 59.7 Å². The second-order valence-corrected chi connectivity index (χ2v) is 7.93. The number of sulfonamides is 1. The van der Waals surface area contributed by atoms with Crippen LogP contribution in [-0.2, 0) is 14.8 Å². The average Bonchev–Trinajstić information content (AvgIpc) is 2.58. The molecule has 0 aliphatic rings. The Bertz CT molecular complexity index is 805. The normalized spacial score (nSPS) is 11.2. The molecule has 0 saturated heterocycles. The lowest BCUT2D eigenvalue weighted by molar-refractivity contribution is 0.0600. The molecule has 7 heteroatoms. The molecule has 0 saturated carbocycles. The van der Waals surface area contributed by atoms with Crippen molar-refractivity contribution in [2.24, 2.45) is 0 Å². The fourth-order valence-corrected chi connectivity index (χ4v) is 4.31. The van der Waals surface area contributed by atoms with Gasteiger partial charge >= 0.3 is 5.97 Å². The molecule has 0 aliphatic carbocycles. The summed E-state index contributed by atoms with van der Waals surface area (Å²) in [6, 6.07) is 14.2. The van der Waals surface area contributed by atoms with Gasteiger partial charge in [-0.2, -0.15) is 0 Å². The van der Waals surface area contributed by atoms with Crippen molar-refractivity contribution in [3.8, 4) is 0 Å². The zero-order valence-corrected chi connectivity index (χ0v) is 15.1. The third-order valence-electron chi connectivity index (χ3n) is 3.29. The van der Waals surface area contributed by atoms with Gasteiger partial charge in [-0.3, -0.25) is 0 Å². The molecular formula is C17H19NO4S2. The van der Waals surface area contributed by atoms with Crippen molar-refractivity contribution in [2.45, 2.75) is 16.7 Å². The van der Waals surface area contributed by atoms with Gasteiger partial charge in [-0.05, 0) is 42.8 Å². The molecule has 0 aliphatic heterocycles. The lowest BCUT2D eigenvalue weighted by atomic mass is 10.1. The fourth-order valence-electron chi connectivity index (χ4n) is 2.14. The maximum Gasteiger partial charge on any atom is 0.337 e. The van der Waals surface area contributed by atoms with Gasteiger partial charge in [-0.15, -0.1) is 11.8 Å². The highest BCUT2D eigenvalue weighted by atomic mass is 32.2. The van der Waals surface area contributed by atoms with Crippen LogP contribution in [0.25, 0.3) is 0 Å². The van der Waals surface area contributed by atoms with Crippen LogP contribution in [0.4, 0.5) is 0 Å². The highest BCUT2D eigenvalue weighted by Gasteiger charge is 2.18. The number of carbonyl (C=O) groups is 1. The van der Waals surface area contributed by atoms with Gasteiger partial charge in [-0.25, -0.2) is 17.9 Å². The Balaban J connectivity index is 1.98. The minimum absolute atomic E-state index is 0.167. The van der Waals surface area contributed by atoms with Crippen molar-refractivity contribution >= 4 is 27.8 Å². The molecule has 0 heterocycles. The van der Waals surface area contributed by atoms with Gasteiger partial charge < -0.3 is 4.74 Å². The quantitative estimate of drug-likeness (QED) is 0.464. The molecule has 24 heavy (non-hydrogen) atoms. The summed E-state index contributed by atoms with van der Waals surface area (Å²) >= 11 is 1.58. The number of thioether (sulfide) groups is 1. The predicted octanol–water partition coefficient (Wildman–Crippen LogP) is 2.85. The van der Waals surface area contributed by atoms with E-state index in [2.05, 4.69) is 9.46 Å². The van der Waals surface area contributed by atoms with Crippen molar-refractivity contribution < 1.29 is 17.9 Å². The molecule has 2 aromatic rings. The van der Waals surface area contributed by atoms with Gasteiger partial charge in [0.25, 0.3) is 0 Å². The Morgan fingerprint density at radius 3 is 2.50 bits per heavy atom. The smallest absolute Gasteiger partial charge is 0.337 e. The molecule has 0 bridgehead atoms. The topological polar surface area (TPSA) is 72.5 Å². The van der Waals surface area contributed by atoms with E-state index in [1.165, 1.54) is 25.3 Å². The number of carbonyl (C=O) groups excluding carboxylic acids is 1. The summed E-state index contributed by atoms with van der Waals surface area (Å²) in [4.78, 5) is 12.7. The number of hydrogen-bond donors (Lipinski definition) is 1. The highest BCUT2D eigenvalue weighted by molar-refractivity contribution is 7.99. The SMILES string of the molecule is COC(=O)c1ccc(S(=O)(=O)NCCSc2ccccc2)c(C)c1. The van der Waals surface area contributed by atoms with E-state index in [9.17, 15) is 13.2 Å². The average molecular weight is 365 g/mol. The summed E-state index contributed by atoms with van der Waals surface area (Å²) in [5.74, 6) is 0.136. The van der Waals surface area contributed by atoms with E-state index in [0.717, 1.165) is 4.90 Å². The molecule has 128 valence electrons. The molecule has 2 aromatic carbocycles. The summed E-state index contributed by atoms with van der Waals surface area (Å²) in [6.45, 7) is 1.97. The van der Waals surface area contributed by atoms with E-state index in [0.29, 0.717) is 23.4 Å². The van der Waals surface area contributed by atoms with Gasteiger partial charge in [0.05, 0.1) is 17.6 Å². The molecule has 0 spiro atoms. The zero-order valence-electron chi connectivity index (χ0n) is 13.5. The van der Waals surface area contributed by atoms with Crippen molar-refractivity contribution in [3.63, 3.8) is 0 Å². The minimum Gasteiger partial charge on any atom is -0.465 e. The number of nitrogens with one attached hydrogen (secondary N) is 1. The Hall–Kier alpha value is -1.83. The fraction of sp³-hybridized carbons (Fsp3) is 0.235. The number of benzene rings is 2. The first-order valence-electron chi connectivity index (χ1n) is 7.30. The van der Waals surface area contributed by atoms with Crippen LogP contribution in [0.3, 0.4) is 0 Å². The zero-order chi connectivity index (χ0) is 17.6. The van der Waals surface area contributed by atoms with Crippen molar-refractivity contribution in [2.75, 3.05) is 19.4 Å². The van der Waals surface area contributed by atoms with Crippen molar-refractivity contribution in [1.82, 2.24) is 4.72 Å². The third kappa shape index (κ3) is 4.83. The van der Waals surface area contributed by atoms with Crippen LogP contribution in [-0.4, -0.2) is 33.8 Å². The summed E-state index contributed by atoms with van der Waals surface area (Å²) < 4.78 is 32.0. The number of aryl methyl sites for hydroxylation is 1. The van der Waals surface area contributed by atoms with Crippen LogP contribution in [0.5, 0.6) is 0 Å². The monoisotopic (exact) mass is 365 g/mol. The number of ether oxygens (including phenoxy) is 1. The lowest BCUT2D eigenvalue weighted by Crippen LogP contribution is -2.26. The Morgan fingerprint density at radius 1 is 1.17 bits per heavy atom. The minimum atomic E-state index is -3.61. The van der Waals surface area contributed by atoms with Crippen LogP contribution in [0.15, 0.2) is 58.3 Å². The Kier molecular flexibility index (Phi) is 6.42. The standard InChI is InChI=1S/C17H19NO4S2/c1-13-12-14(17(19)22-2)8-9-16(13)24(20,21)18-10-11-23-15-6-4-3-5-7-15/h3-9,12,18H,10-11H2,1-2H3. The summed E-state index contributed by atoms with van der Waals surface area (Å²) in [5, 5.41) is 0. The van der Waals surface area contributed by atoms with Gasteiger partial charge in [0.1, 0.15) is 0 Å². The molecule has 0 atom stereocenters. The summed E-state index contributed by atoms with van der Waals surface area (Å²) in [7, 11) is -2.32. The highest BCUT2D eigenvalue weighted by Crippen LogP contribution is 2.19. The van der Waals surface area contributed by atoms with Crippen LogP contribution in [0.2, 0.25) is 0 Å². The maximum atomic E-state index is 12.4. The molecule has 0 unspecified atom stereocenters. The predicted molar refractivity (Wildman–Crippen MR) is 94.9 cm³/mol. The van der Waals surface area contributed by atoms with Crippen LogP contribution in [0.1, 0.15) is 15.9 Å². The van der Waals surface area contributed by atoms with Gasteiger partial charge in [0.15, 0.2) is 0 Å². The number of esters is 1. The van der Waals surface area contributed by atoms with E-state index in [1.807, 2.05) is 30.3 Å². The molecule has 0 fully saturated rings. The Morgan fingerprint density at radius 2 is 1.88 bits per heavy atom. The van der Waals surface area contributed by atoms with E-state index in [1.54, 1.807) is 18.7 Å². The molecule has 2 rings (SSSR count). The molecule has 5 nitrogen and oxygen atoms in total. The molecule has 0 radical (unpaired) electrons. The number of methoxy groups -OCH3 is 1. The molecule has 0 aromatic heterocycles. The first kappa shape index (κ1) is 18.5. The molecule has 1 N–H and O–H groups in total. The van der Waals surface area contributed by atoms with Crippen LogP contribution >= 0.6 is 11.8 Å². The Labute approximate surface area is 146 Å². The van der Waals surface area contributed by atoms with Gasteiger partial charge in [0.2, 0.25) is 10.0 Å². The van der Waals surface area contributed by atoms with Crippen LogP contribution < -0.4 is 4.72 Å².